The van der Waals surface area contributed by atoms with Crippen molar-refractivity contribution in [3.63, 3.8) is 0 Å². The first-order valence-corrected chi connectivity index (χ1v) is 10.0. The molecule has 1 aliphatic carbocycles. The van der Waals surface area contributed by atoms with Crippen LogP contribution in [-0.2, 0) is 14.4 Å². The summed E-state index contributed by atoms with van der Waals surface area (Å²) in [6, 6.07) is 1.92. The molecule has 2 fully saturated rings. The van der Waals surface area contributed by atoms with Crippen molar-refractivity contribution in [3.05, 3.63) is 24.1 Å². The molecular weight excluding hydrogens is 379 g/mol. The molecule has 0 aromatic carbocycles. The molecule has 0 radical (unpaired) electrons. The molecule has 3 amide bonds. The highest BCUT2D eigenvalue weighted by Crippen LogP contribution is 2.55. The number of nitrogens with one attached hydrogen (secondary N) is 1. The van der Waals surface area contributed by atoms with Crippen LogP contribution in [0, 0.1) is 17.2 Å². The maximum absolute atomic E-state index is 13.9. The van der Waals surface area contributed by atoms with E-state index in [9.17, 15) is 24.0 Å². The first kappa shape index (κ1) is 21.2. The molecule has 2 heterocycles. The van der Waals surface area contributed by atoms with E-state index in [0.29, 0.717) is 24.4 Å². The van der Waals surface area contributed by atoms with Gasteiger partial charge in [-0.1, -0.05) is 19.8 Å². The number of hydroxylamine groups is 2. The Kier molecular flexibility index (Phi) is 6.46. The van der Waals surface area contributed by atoms with Crippen LogP contribution in [-0.4, -0.2) is 57.5 Å². The molecule has 1 spiro atoms. The molecule has 1 aromatic rings. The zero-order chi connectivity index (χ0) is 21.0. The van der Waals surface area contributed by atoms with Crippen molar-refractivity contribution >= 4 is 24.0 Å². The maximum Gasteiger partial charge on any atom is 0.248 e. The molecule has 1 aliphatic heterocycles. The van der Waals surface area contributed by atoms with Gasteiger partial charge in [-0.25, -0.2) is 14.4 Å². The van der Waals surface area contributed by atoms with Gasteiger partial charge in [0.15, 0.2) is 11.6 Å². The van der Waals surface area contributed by atoms with Crippen LogP contribution in [0.1, 0.15) is 45.4 Å². The Morgan fingerprint density at radius 3 is 2.90 bits per heavy atom. The fourth-order valence-corrected chi connectivity index (χ4v) is 3.99. The van der Waals surface area contributed by atoms with Crippen molar-refractivity contribution in [1.29, 1.82) is 0 Å². The van der Waals surface area contributed by atoms with Crippen LogP contribution < -0.4 is 5.32 Å². The summed E-state index contributed by atoms with van der Waals surface area (Å²) in [5, 5.41) is 12.6. The average Bonchev–Trinajstić information content (AvgIpc) is 3.36. The van der Waals surface area contributed by atoms with E-state index in [2.05, 4.69) is 10.3 Å². The number of amides is 3. The lowest BCUT2D eigenvalue weighted by molar-refractivity contribution is -0.157. The maximum atomic E-state index is 13.9. The molecule has 1 saturated heterocycles. The normalized spacial score (nSPS) is 20.4. The van der Waals surface area contributed by atoms with E-state index in [4.69, 9.17) is 0 Å². The molecule has 2 aliphatic rings. The Hall–Kier alpha value is -2.55. The number of carbonyl (C=O) groups excluding carboxylic acids is 3. The summed E-state index contributed by atoms with van der Waals surface area (Å²) in [7, 11) is 0. The van der Waals surface area contributed by atoms with Crippen LogP contribution >= 0.6 is 0 Å². The minimum Gasteiger partial charge on any atom is -0.330 e. The summed E-state index contributed by atoms with van der Waals surface area (Å²) < 4.78 is 13.9. The van der Waals surface area contributed by atoms with Gasteiger partial charge in [-0.2, -0.15) is 0 Å². The largest absolute Gasteiger partial charge is 0.330 e. The summed E-state index contributed by atoms with van der Waals surface area (Å²) in [6.45, 7) is 2.34. The van der Waals surface area contributed by atoms with E-state index >= 15 is 0 Å². The zero-order valence-corrected chi connectivity index (χ0v) is 16.5. The lowest BCUT2D eigenvalue weighted by atomic mass is 9.99. The second-order valence-electron chi connectivity index (χ2n) is 8.08. The lowest BCUT2D eigenvalue weighted by Crippen LogP contribution is -2.47. The molecule has 2 N–H and O–H groups in total. The van der Waals surface area contributed by atoms with Gasteiger partial charge in [0, 0.05) is 12.7 Å². The summed E-state index contributed by atoms with van der Waals surface area (Å²) >= 11 is 0. The number of unbranched alkanes of at least 4 members (excludes halogenated alkanes) is 1. The van der Waals surface area contributed by atoms with E-state index in [0.717, 1.165) is 25.7 Å². The van der Waals surface area contributed by atoms with Crippen LogP contribution in [0.4, 0.5) is 10.2 Å². The minimum absolute atomic E-state index is 0.0564. The molecule has 158 valence electrons. The van der Waals surface area contributed by atoms with Crippen LogP contribution in [0.25, 0.3) is 0 Å². The summed E-state index contributed by atoms with van der Waals surface area (Å²) in [6.07, 6.45) is 6.20. The summed E-state index contributed by atoms with van der Waals surface area (Å²) in [5.74, 6) is -2.12. The van der Waals surface area contributed by atoms with Crippen molar-refractivity contribution in [2.75, 3.05) is 18.4 Å². The number of hydrogen-bond acceptors (Lipinski definition) is 5. The average molecular weight is 406 g/mol. The van der Waals surface area contributed by atoms with E-state index in [1.807, 2.05) is 6.92 Å². The number of nitrogens with zero attached hydrogens (tertiary/aromatic N) is 3. The molecule has 1 aromatic heterocycles. The van der Waals surface area contributed by atoms with Gasteiger partial charge in [-0.05, 0) is 43.2 Å². The highest BCUT2D eigenvalue weighted by Gasteiger charge is 2.55. The second kappa shape index (κ2) is 8.86. The predicted molar refractivity (Wildman–Crippen MR) is 102 cm³/mol. The van der Waals surface area contributed by atoms with Gasteiger partial charge in [-0.3, -0.25) is 19.6 Å². The van der Waals surface area contributed by atoms with Gasteiger partial charge in [0.1, 0.15) is 6.04 Å². The number of hydrogen-bond donors (Lipinski definition) is 2. The van der Waals surface area contributed by atoms with Crippen LogP contribution in [0.2, 0.25) is 0 Å². The smallest absolute Gasteiger partial charge is 0.248 e. The Morgan fingerprint density at radius 1 is 1.52 bits per heavy atom. The SMILES string of the molecule is CCCCC(CN(O)C=O)C(=O)N1CC2(CC2)CC1C(=O)Nc1ncccc1F. The van der Waals surface area contributed by atoms with E-state index in [1.165, 1.54) is 18.3 Å². The minimum atomic E-state index is -0.723. The van der Waals surface area contributed by atoms with Crippen molar-refractivity contribution < 1.29 is 24.0 Å². The second-order valence-corrected chi connectivity index (χ2v) is 8.08. The Balaban J connectivity index is 1.77. The number of aromatic nitrogens is 1. The topological polar surface area (TPSA) is 103 Å². The number of carbonyl (C=O) groups is 3. The van der Waals surface area contributed by atoms with Crippen LogP contribution in [0.5, 0.6) is 0 Å². The first-order chi connectivity index (χ1) is 13.9. The van der Waals surface area contributed by atoms with Gasteiger partial charge in [0.05, 0.1) is 12.5 Å². The number of halogens is 1. The molecule has 2 atom stereocenters. The van der Waals surface area contributed by atoms with Gasteiger partial charge < -0.3 is 10.2 Å². The molecule has 9 heteroatoms. The van der Waals surface area contributed by atoms with E-state index in [-0.39, 0.29) is 30.1 Å². The first-order valence-electron chi connectivity index (χ1n) is 10.0. The summed E-state index contributed by atoms with van der Waals surface area (Å²) in [5.41, 5.74) is -0.0564. The number of pyridine rings is 1. The highest BCUT2D eigenvalue weighted by molar-refractivity contribution is 5.97. The fourth-order valence-electron chi connectivity index (χ4n) is 3.99. The Morgan fingerprint density at radius 2 is 2.28 bits per heavy atom. The van der Waals surface area contributed by atoms with Gasteiger partial charge in [0.2, 0.25) is 18.2 Å². The van der Waals surface area contributed by atoms with Crippen LogP contribution in [0.3, 0.4) is 0 Å². The van der Waals surface area contributed by atoms with E-state index in [1.54, 1.807) is 4.90 Å². The third kappa shape index (κ3) is 4.90. The standard InChI is InChI=1S/C20H27FN4O4/c1-2-3-5-14(11-24(29)13-26)19(28)25-12-20(7-8-20)10-16(25)18(27)23-17-15(21)6-4-9-22-17/h4,6,9,13-14,16,29H,2-3,5,7-8,10-12H2,1H3,(H,22,23,27). The molecule has 2 unspecified atom stereocenters. The molecule has 0 bridgehead atoms. The molecule has 8 nitrogen and oxygen atoms in total. The molecule has 1 saturated carbocycles. The number of rotatable bonds is 9. The lowest BCUT2D eigenvalue weighted by Gasteiger charge is -2.29. The van der Waals surface area contributed by atoms with Crippen molar-refractivity contribution in [3.8, 4) is 0 Å². The van der Waals surface area contributed by atoms with Crippen LogP contribution in [0.15, 0.2) is 18.3 Å². The Bertz CT molecular complexity index is 771. The number of likely N-dealkylation sites (tertiary alicyclic amines) is 1. The zero-order valence-electron chi connectivity index (χ0n) is 16.5. The number of anilines is 1. The quantitative estimate of drug-likeness (QED) is 0.372. The third-order valence-corrected chi connectivity index (χ3v) is 5.84. The predicted octanol–water partition coefficient (Wildman–Crippen LogP) is 2.19. The molecular formula is C20H27FN4O4. The molecule has 29 heavy (non-hydrogen) atoms. The van der Waals surface area contributed by atoms with Gasteiger partial charge in [0.25, 0.3) is 0 Å². The monoisotopic (exact) mass is 406 g/mol. The van der Waals surface area contributed by atoms with Crippen molar-refractivity contribution in [1.82, 2.24) is 14.9 Å². The van der Waals surface area contributed by atoms with Gasteiger partial charge in [-0.15, -0.1) is 0 Å². The van der Waals surface area contributed by atoms with Crippen molar-refractivity contribution in [2.45, 2.75) is 51.5 Å². The third-order valence-electron chi connectivity index (χ3n) is 5.84. The summed E-state index contributed by atoms with van der Waals surface area (Å²) in [4.78, 5) is 42.4. The fraction of sp³-hybridized carbons (Fsp3) is 0.600. The van der Waals surface area contributed by atoms with Gasteiger partial charge >= 0.3 is 0 Å². The molecule has 3 rings (SSSR count). The Labute approximate surface area is 169 Å². The van der Waals surface area contributed by atoms with Crippen molar-refractivity contribution in [2.24, 2.45) is 11.3 Å². The van der Waals surface area contributed by atoms with E-state index < -0.39 is 23.7 Å². The highest BCUT2D eigenvalue weighted by atomic mass is 19.1.